The van der Waals surface area contributed by atoms with Crippen molar-refractivity contribution in [2.75, 3.05) is 20.1 Å². The molecule has 3 nitrogen and oxygen atoms in total. The Morgan fingerprint density at radius 3 is 2.70 bits per heavy atom. The molecule has 1 aromatic rings. The normalized spacial score (nSPS) is 10.7. The number of unbranched alkanes of at least 4 members (excludes halogenated alkanes) is 3. The lowest BCUT2D eigenvalue weighted by Gasteiger charge is -2.17. The fourth-order valence-corrected chi connectivity index (χ4v) is 2.22. The van der Waals surface area contributed by atoms with Crippen LogP contribution in [0.25, 0.3) is 0 Å². The van der Waals surface area contributed by atoms with Crippen LogP contribution < -0.4 is 0 Å². The van der Waals surface area contributed by atoms with Crippen LogP contribution in [0.5, 0.6) is 0 Å². The molecule has 0 aliphatic heterocycles. The van der Waals surface area contributed by atoms with Crippen molar-refractivity contribution < 1.29 is 9.90 Å². The molecule has 0 atom stereocenters. The standard InChI is InChI=1S/C17H25NO2/c1-3-4-5-6-9-13-18(2)14-12-15-10-7-8-11-16(15)17(19)20/h3,7-8,10-11H,1,4-6,9,12-14H2,2H3,(H,19,20). The third kappa shape index (κ3) is 6.02. The topological polar surface area (TPSA) is 40.5 Å². The minimum Gasteiger partial charge on any atom is -0.478 e. The molecule has 0 fully saturated rings. The maximum Gasteiger partial charge on any atom is 0.335 e. The summed E-state index contributed by atoms with van der Waals surface area (Å²) in [6, 6.07) is 7.25. The van der Waals surface area contributed by atoms with Gasteiger partial charge in [0.15, 0.2) is 0 Å². The number of aromatic carboxylic acids is 1. The van der Waals surface area contributed by atoms with E-state index in [2.05, 4.69) is 18.5 Å². The Balaban J connectivity index is 2.32. The van der Waals surface area contributed by atoms with Crippen molar-refractivity contribution in [2.45, 2.75) is 32.1 Å². The van der Waals surface area contributed by atoms with Crippen molar-refractivity contribution in [3.05, 3.63) is 48.0 Å². The minimum atomic E-state index is -0.840. The van der Waals surface area contributed by atoms with E-state index in [1.165, 1.54) is 19.3 Å². The SMILES string of the molecule is C=CCCCCCN(C)CCc1ccccc1C(=O)O. The summed E-state index contributed by atoms with van der Waals surface area (Å²) in [5.74, 6) is -0.840. The molecule has 0 bridgehead atoms. The van der Waals surface area contributed by atoms with Gasteiger partial charge in [0.2, 0.25) is 0 Å². The number of allylic oxidation sites excluding steroid dienone is 1. The number of carbonyl (C=O) groups is 1. The molecule has 20 heavy (non-hydrogen) atoms. The number of carboxylic acids is 1. The minimum absolute atomic E-state index is 0.423. The van der Waals surface area contributed by atoms with E-state index in [1.807, 2.05) is 18.2 Å². The maximum absolute atomic E-state index is 11.1. The Morgan fingerprint density at radius 2 is 2.00 bits per heavy atom. The Bertz CT molecular complexity index is 429. The van der Waals surface area contributed by atoms with Gasteiger partial charge in [-0.15, -0.1) is 6.58 Å². The van der Waals surface area contributed by atoms with E-state index in [-0.39, 0.29) is 0 Å². The van der Waals surface area contributed by atoms with Crippen molar-refractivity contribution in [1.29, 1.82) is 0 Å². The summed E-state index contributed by atoms with van der Waals surface area (Å²) in [6.07, 6.45) is 7.46. The number of carboxylic acid groups (broad SMARTS) is 1. The van der Waals surface area contributed by atoms with Crippen LogP contribution in [0.3, 0.4) is 0 Å². The van der Waals surface area contributed by atoms with Gasteiger partial charge in [0.1, 0.15) is 0 Å². The van der Waals surface area contributed by atoms with Crippen LogP contribution in [-0.4, -0.2) is 36.1 Å². The van der Waals surface area contributed by atoms with Crippen LogP contribution in [0.1, 0.15) is 41.6 Å². The molecule has 0 saturated carbocycles. The van der Waals surface area contributed by atoms with Crippen LogP contribution in [0.2, 0.25) is 0 Å². The first-order valence-electron chi connectivity index (χ1n) is 7.25. The first-order valence-corrected chi connectivity index (χ1v) is 7.25. The molecule has 0 saturated heterocycles. The lowest BCUT2D eigenvalue weighted by molar-refractivity contribution is 0.0695. The largest absolute Gasteiger partial charge is 0.478 e. The van der Waals surface area contributed by atoms with E-state index in [0.717, 1.165) is 31.5 Å². The Labute approximate surface area is 121 Å². The average molecular weight is 275 g/mol. The summed E-state index contributed by atoms with van der Waals surface area (Å²) >= 11 is 0. The molecule has 0 spiro atoms. The highest BCUT2D eigenvalue weighted by Gasteiger charge is 2.09. The van der Waals surface area contributed by atoms with Crippen molar-refractivity contribution in [3.8, 4) is 0 Å². The van der Waals surface area contributed by atoms with Gasteiger partial charge in [-0.25, -0.2) is 4.79 Å². The molecule has 1 rings (SSSR count). The van der Waals surface area contributed by atoms with Crippen LogP contribution in [0.15, 0.2) is 36.9 Å². The predicted molar refractivity (Wildman–Crippen MR) is 83.3 cm³/mol. The second kappa shape index (κ2) is 9.32. The van der Waals surface area contributed by atoms with Gasteiger partial charge in [-0.3, -0.25) is 0 Å². The van der Waals surface area contributed by atoms with Crippen LogP contribution in [-0.2, 0) is 6.42 Å². The number of hydrogen-bond acceptors (Lipinski definition) is 2. The van der Waals surface area contributed by atoms with Crippen LogP contribution in [0.4, 0.5) is 0 Å². The molecule has 1 aromatic carbocycles. The summed E-state index contributed by atoms with van der Waals surface area (Å²) in [5.41, 5.74) is 1.34. The number of nitrogens with zero attached hydrogens (tertiary/aromatic N) is 1. The van der Waals surface area contributed by atoms with Gasteiger partial charge in [0, 0.05) is 6.54 Å². The van der Waals surface area contributed by atoms with Gasteiger partial charge in [-0.05, 0) is 50.9 Å². The van der Waals surface area contributed by atoms with Crippen LogP contribution >= 0.6 is 0 Å². The first-order chi connectivity index (χ1) is 9.65. The summed E-state index contributed by atoms with van der Waals surface area (Å²) in [6.45, 7) is 5.68. The molecule has 0 aliphatic carbocycles. The van der Waals surface area contributed by atoms with Crippen molar-refractivity contribution in [1.82, 2.24) is 4.90 Å². The smallest absolute Gasteiger partial charge is 0.335 e. The van der Waals surface area contributed by atoms with E-state index >= 15 is 0 Å². The molecule has 0 amide bonds. The van der Waals surface area contributed by atoms with E-state index in [9.17, 15) is 4.79 Å². The Morgan fingerprint density at radius 1 is 1.25 bits per heavy atom. The van der Waals surface area contributed by atoms with Gasteiger partial charge in [-0.1, -0.05) is 30.7 Å². The molecule has 0 aromatic heterocycles. The number of likely N-dealkylation sites (N-methyl/N-ethyl adjacent to an activating group) is 1. The average Bonchev–Trinajstić information content (AvgIpc) is 2.45. The van der Waals surface area contributed by atoms with Crippen LogP contribution in [0, 0.1) is 0 Å². The fraction of sp³-hybridized carbons (Fsp3) is 0.471. The van der Waals surface area contributed by atoms with Gasteiger partial charge in [0.25, 0.3) is 0 Å². The molecule has 110 valence electrons. The van der Waals surface area contributed by atoms with E-state index < -0.39 is 5.97 Å². The summed E-state index contributed by atoms with van der Waals surface area (Å²) in [4.78, 5) is 13.4. The quantitative estimate of drug-likeness (QED) is 0.524. The Kier molecular flexibility index (Phi) is 7.66. The first kappa shape index (κ1) is 16.4. The molecular weight excluding hydrogens is 250 g/mol. The van der Waals surface area contributed by atoms with Gasteiger partial charge >= 0.3 is 5.97 Å². The third-order valence-electron chi connectivity index (χ3n) is 3.46. The zero-order chi connectivity index (χ0) is 14.8. The predicted octanol–water partition coefficient (Wildman–Crippen LogP) is 3.61. The van der Waals surface area contributed by atoms with Crippen molar-refractivity contribution in [2.24, 2.45) is 0 Å². The summed E-state index contributed by atoms with van der Waals surface area (Å²) in [5, 5.41) is 9.13. The zero-order valence-electron chi connectivity index (χ0n) is 12.3. The van der Waals surface area contributed by atoms with E-state index in [1.54, 1.807) is 12.1 Å². The van der Waals surface area contributed by atoms with Gasteiger partial charge in [0.05, 0.1) is 5.56 Å². The lowest BCUT2D eigenvalue weighted by Crippen LogP contribution is -2.23. The maximum atomic E-state index is 11.1. The second-order valence-electron chi connectivity index (χ2n) is 5.15. The molecular formula is C17H25NO2. The number of hydrogen-bond donors (Lipinski definition) is 1. The lowest BCUT2D eigenvalue weighted by atomic mass is 10.0. The van der Waals surface area contributed by atoms with Gasteiger partial charge in [-0.2, -0.15) is 0 Å². The second-order valence-corrected chi connectivity index (χ2v) is 5.15. The molecule has 3 heteroatoms. The molecule has 0 aliphatic rings. The summed E-state index contributed by atoms with van der Waals surface area (Å²) in [7, 11) is 2.09. The molecule has 0 unspecified atom stereocenters. The fourth-order valence-electron chi connectivity index (χ4n) is 2.22. The van der Waals surface area contributed by atoms with Crippen molar-refractivity contribution >= 4 is 5.97 Å². The molecule has 0 radical (unpaired) electrons. The third-order valence-corrected chi connectivity index (χ3v) is 3.46. The number of benzene rings is 1. The number of rotatable bonds is 10. The van der Waals surface area contributed by atoms with Gasteiger partial charge < -0.3 is 10.0 Å². The molecule has 1 N–H and O–H groups in total. The highest BCUT2D eigenvalue weighted by molar-refractivity contribution is 5.89. The monoisotopic (exact) mass is 275 g/mol. The zero-order valence-corrected chi connectivity index (χ0v) is 12.3. The highest BCUT2D eigenvalue weighted by atomic mass is 16.4. The molecule has 0 heterocycles. The summed E-state index contributed by atoms with van der Waals surface area (Å²) < 4.78 is 0. The van der Waals surface area contributed by atoms with E-state index in [4.69, 9.17) is 5.11 Å². The Hall–Kier alpha value is -1.61. The highest BCUT2D eigenvalue weighted by Crippen LogP contribution is 2.10. The van der Waals surface area contributed by atoms with Crippen molar-refractivity contribution in [3.63, 3.8) is 0 Å². The van der Waals surface area contributed by atoms with E-state index in [0.29, 0.717) is 5.56 Å².